The average molecular weight is 233 g/mol. The van der Waals surface area contributed by atoms with Crippen LogP contribution in [-0.2, 0) is 9.30 Å². The number of benzene rings is 1. The molecule has 0 amide bonds. The summed E-state index contributed by atoms with van der Waals surface area (Å²) >= 11 is 5.67. The monoisotopic (exact) mass is 232 g/mol. The first kappa shape index (κ1) is 11.3. The zero-order valence-electron chi connectivity index (χ0n) is 7.64. The molecular formula is C9H10ClO3P. The van der Waals surface area contributed by atoms with Crippen molar-refractivity contribution in [3.8, 4) is 0 Å². The molecule has 0 bridgehead atoms. The molecule has 0 fully saturated rings. The Morgan fingerprint density at radius 1 is 1.43 bits per heavy atom. The van der Waals surface area contributed by atoms with Gasteiger partial charge >= 0.3 is 12.2 Å². The van der Waals surface area contributed by atoms with Gasteiger partial charge in [0.1, 0.15) is 0 Å². The summed E-state index contributed by atoms with van der Waals surface area (Å²) in [6.45, 7) is -1.73. The normalized spacial score (nSPS) is 14.4. The fraction of sp³-hybridized carbons (Fsp3) is 0.222. The lowest BCUT2D eigenvalue weighted by atomic mass is 10.4. The molecule has 0 aliphatic carbocycles. The molecule has 1 unspecified atom stereocenters. The van der Waals surface area contributed by atoms with Gasteiger partial charge in [-0.05, 0) is 30.3 Å². The Hall–Kier alpha value is -0.790. The molecule has 0 heterocycles. The van der Waals surface area contributed by atoms with Crippen molar-refractivity contribution in [3.05, 3.63) is 30.3 Å². The van der Waals surface area contributed by atoms with Gasteiger partial charge in [-0.25, -0.2) is 4.79 Å². The minimum Gasteiger partial charge on any atom is -0.459 e. The summed E-state index contributed by atoms with van der Waals surface area (Å²) in [6, 6.07) is 8.19. The number of ether oxygens (including phenoxy) is 1. The first-order chi connectivity index (χ1) is 6.59. The van der Waals surface area contributed by atoms with E-state index in [1.54, 1.807) is 37.3 Å². The zero-order chi connectivity index (χ0) is 10.6. The quantitative estimate of drug-likeness (QED) is 0.753. The van der Waals surface area contributed by atoms with Crippen LogP contribution in [0.2, 0.25) is 0 Å². The molecule has 0 N–H and O–H groups in total. The summed E-state index contributed by atoms with van der Waals surface area (Å²) in [5, 5.41) is 0.306. The third-order valence-corrected chi connectivity index (χ3v) is 4.15. The third kappa shape index (κ3) is 2.37. The zero-order valence-corrected chi connectivity index (χ0v) is 9.29. The van der Waals surface area contributed by atoms with Crippen LogP contribution >= 0.6 is 17.7 Å². The van der Waals surface area contributed by atoms with E-state index in [1.807, 2.05) is 0 Å². The lowest BCUT2D eigenvalue weighted by molar-refractivity contribution is 0.179. The molecule has 0 aromatic heterocycles. The Balaban J connectivity index is 2.97. The van der Waals surface area contributed by atoms with Gasteiger partial charge in [0.2, 0.25) is 0 Å². The Kier molecular flexibility index (Phi) is 3.73. The number of hydrogen-bond donors (Lipinski definition) is 0. The maximum atomic E-state index is 11.8. The van der Waals surface area contributed by atoms with Crippen molar-refractivity contribution >= 4 is 28.8 Å². The van der Waals surface area contributed by atoms with Crippen LogP contribution in [0, 0.1) is 0 Å². The molecule has 5 heteroatoms. The molecule has 0 saturated heterocycles. The SMILES string of the molecule is CCOC(=O)P(=O)(Cl)c1ccccc1. The smallest absolute Gasteiger partial charge is 0.383 e. The minimum atomic E-state index is -3.54. The highest BCUT2D eigenvalue weighted by molar-refractivity contribution is 8.06. The molecule has 0 spiro atoms. The second-order valence-electron chi connectivity index (χ2n) is 2.57. The van der Waals surface area contributed by atoms with E-state index in [1.165, 1.54) is 0 Å². The van der Waals surface area contributed by atoms with E-state index < -0.39 is 12.2 Å². The van der Waals surface area contributed by atoms with Gasteiger partial charge in [-0.3, -0.25) is 4.57 Å². The number of rotatable bonds is 3. The third-order valence-electron chi connectivity index (χ3n) is 1.59. The van der Waals surface area contributed by atoms with Crippen LogP contribution in [0.1, 0.15) is 6.92 Å². The van der Waals surface area contributed by atoms with Crippen LogP contribution < -0.4 is 5.30 Å². The predicted octanol–water partition coefficient (Wildman–Crippen LogP) is 2.99. The summed E-state index contributed by atoms with van der Waals surface area (Å²) in [6.07, 6.45) is 0. The highest BCUT2D eigenvalue weighted by Gasteiger charge is 2.32. The molecule has 1 aromatic carbocycles. The second kappa shape index (κ2) is 4.63. The largest absolute Gasteiger partial charge is 0.459 e. The van der Waals surface area contributed by atoms with Crippen molar-refractivity contribution in [2.24, 2.45) is 0 Å². The van der Waals surface area contributed by atoms with Crippen molar-refractivity contribution in [1.29, 1.82) is 0 Å². The van der Waals surface area contributed by atoms with E-state index in [0.717, 1.165) is 0 Å². The molecular weight excluding hydrogens is 223 g/mol. The fourth-order valence-corrected chi connectivity index (χ4v) is 2.48. The Morgan fingerprint density at radius 2 is 2.00 bits per heavy atom. The van der Waals surface area contributed by atoms with Gasteiger partial charge in [0.15, 0.2) is 0 Å². The topological polar surface area (TPSA) is 43.4 Å². The molecule has 0 saturated carbocycles. The molecule has 0 aliphatic rings. The van der Waals surface area contributed by atoms with Gasteiger partial charge < -0.3 is 4.74 Å². The standard InChI is InChI=1S/C9H10ClO3P/c1-2-13-9(11)14(10,12)8-6-4-3-5-7-8/h3-7H,2H2,1H3. The van der Waals surface area contributed by atoms with Gasteiger partial charge in [-0.15, -0.1) is 0 Å². The van der Waals surface area contributed by atoms with E-state index in [4.69, 9.17) is 11.2 Å². The number of hydrogen-bond acceptors (Lipinski definition) is 3. The second-order valence-corrected chi connectivity index (χ2v) is 5.94. The van der Waals surface area contributed by atoms with Gasteiger partial charge in [0.05, 0.1) is 6.61 Å². The average Bonchev–Trinajstić information content (AvgIpc) is 2.19. The van der Waals surface area contributed by atoms with Gasteiger partial charge in [0.25, 0.3) is 0 Å². The van der Waals surface area contributed by atoms with Crippen molar-refractivity contribution in [3.63, 3.8) is 0 Å². The van der Waals surface area contributed by atoms with Crippen LogP contribution in [0.25, 0.3) is 0 Å². The highest BCUT2D eigenvalue weighted by atomic mass is 35.7. The summed E-state index contributed by atoms with van der Waals surface area (Å²) in [5.74, 6) is 0. The van der Waals surface area contributed by atoms with Crippen molar-refractivity contribution in [2.45, 2.75) is 6.92 Å². The summed E-state index contributed by atoms with van der Waals surface area (Å²) in [5.41, 5.74) is -0.854. The first-order valence-electron chi connectivity index (χ1n) is 4.11. The van der Waals surface area contributed by atoms with Crippen molar-refractivity contribution in [2.75, 3.05) is 6.61 Å². The maximum absolute atomic E-state index is 11.8. The summed E-state index contributed by atoms with van der Waals surface area (Å²) in [7, 11) is 0. The molecule has 14 heavy (non-hydrogen) atoms. The lowest BCUT2D eigenvalue weighted by Crippen LogP contribution is -2.09. The summed E-state index contributed by atoms with van der Waals surface area (Å²) < 4.78 is 16.4. The predicted molar refractivity (Wildman–Crippen MR) is 56.6 cm³/mol. The van der Waals surface area contributed by atoms with Crippen LogP contribution in [0.15, 0.2) is 30.3 Å². The first-order valence-corrected chi connectivity index (χ1v) is 6.73. The minimum absolute atomic E-state index is 0.169. The van der Waals surface area contributed by atoms with Gasteiger partial charge in [0, 0.05) is 5.30 Å². The summed E-state index contributed by atoms with van der Waals surface area (Å²) in [4.78, 5) is 11.2. The number of carbonyl (C=O) groups is 1. The Labute approximate surface area is 87.2 Å². The van der Waals surface area contributed by atoms with Crippen molar-refractivity contribution < 1.29 is 14.1 Å². The van der Waals surface area contributed by atoms with Crippen LogP contribution in [0.5, 0.6) is 0 Å². The highest BCUT2D eigenvalue weighted by Crippen LogP contribution is 2.51. The Morgan fingerprint density at radius 3 is 2.50 bits per heavy atom. The van der Waals surface area contributed by atoms with Crippen molar-refractivity contribution in [1.82, 2.24) is 0 Å². The van der Waals surface area contributed by atoms with Crippen LogP contribution in [0.4, 0.5) is 4.79 Å². The maximum Gasteiger partial charge on any atom is 0.383 e. The van der Waals surface area contributed by atoms with Gasteiger partial charge in [-0.2, -0.15) is 0 Å². The number of carbonyl (C=O) groups excluding carboxylic acids is 1. The van der Waals surface area contributed by atoms with Crippen LogP contribution in [-0.4, -0.2) is 12.3 Å². The van der Waals surface area contributed by atoms with E-state index in [0.29, 0.717) is 5.30 Å². The van der Waals surface area contributed by atoms with Gasteiger partial charge in [-0.1, -0.05) is 18.2 Å². The molecule has 3 nitrogen and oxygen atoms in total. The molecule has 1 atom stereocenters. The molecule has 0 radical (unpaired) electrons. The molecule has 1 rings (SSSR count). The van der Waals surface area contributed by atoms with E-state index in [9.17, 15) is 9.36 Å². The molecule has 76 valence electrons. The number of halogens is 1. The molecule has 0 aliphatic heterocycles. The van der Waals surface area contributed by atoms with E-state index in [2.05, 4.69) is 4.74 Å². The van der Waals surface area contributed by atoms with Crippen LogP contribution in [0.3, 0.4) is 0 Å². The van der Waals surface area contributed by atoms with E-state index >= 15 is 0 Å². The Bertz CT molecular complexity index is 364. The fourth-order valence-electron chi connectivity index (χ4n) is 0.932. The van der Waals surface area contributed by atoms with E-state index in [-0.39, 0.29) is 6.61 Å². The lowest BCUT2D eigenvalue weighted by Gasteiger charge is -2.08. The molecule has 1 aromatic rings.